The van der Waals surface area contributed by atoms with Gasteiger partial charge in [0.15, 0.2) is 6.10 Å². The van der Waals surface area contributed by atoms with Crippen molar-refractivity contribution >= 4 is 19.8 Å². The Morgan fingerprint density at radius 3 is 1.72 bits per heavy atom. The zero-order valence-corrected chi connectivity index (χ0v) is 34.1. The summed E-state index contributed by atoms with van der Waals surface area (Å²) in [6, 6.07) is 0. The Morgan fingerprint density at radius 2 is 1.11 bits per heavy atom. The monoisotopic (exact) mass is 774 g/mol. The summed E-state index contributed by atoms with van der Waals surface area (Å²) < 4.78 is 32.6. The molecule has 11 nitrogen and oxygen atoms in total. The van der Waals surface area contributed by atoms with E-state index in [1.807, 2.05) is 30.4 Å². The molecule has 0 spiro atoms. The zero-order chi connectivity index (χ0) is 39.3. The average molecular weight is 774 g/mol. The van der Waals surface area contributed by atoms with E-state index in [1.54, 1.807) is 0 Å². The Morgan fingerprint density at radius 1 is 0.623 bits per heavy atom. The standard InChI is InChI=1S/C41H76NO10P/c1-3-5-7-9-11-12-13-14-15-16-19-23-27-31-40(45)49-35-37(36-51-53(47,48)50-34-33-42)52-41(46)32-28-24-20-17-18-22-26-30-39(44)38(43)29-25-21-10-8-6-4-2/h17,20-22,25-26,37-39,43-44H,3-16,18-19,23-24,27-36,42H2,1-2H3,(H,47,48)/b20-17-,25-21+,26-22-. The highest BCUT2D eigenvalue weighted by molar-refractivity contribution is 7.47. The van der Waals surface area contributed by atoms with Crippen LogP contribution in [0, 0.1) is 0 Å². The Kier molecular flexibility index (Phi) is 35.8. The summed E-state index contributed by atoms with van der Waals surface area (Å²) in [7, 11) is -4.42. The van der Waals surface area contributed by atoms with Gasteiger partial charge in [0.05, 0.1) is 25.4 Å². The Hall–Kier alpha value is -1.85. The van der Waals surface area contributed by atoms with Crippen LogP contribution in [-0.4, -0.2) is 71.7 Å². The third-order valence-electron chi connectivity index (χ3n) is 8.71. The SMILES string of the molecule is CCCCC/C=C/CC(O)C(O)C/C=C\C/C=C\CCCC(=O)OC(COC(=O)CCCCCCCCCCCCCCC)COP(=O)(O)OCCN. The molecule has 0 heterocycles. The molecular weight excluding hydrogens is 697 g/mol. The maximum absolute atomic E-state index is 12.5. The van der Waals surface area contributed by atoms with Crippen LogP contribution < -0.4 is 5.73 Å². The molecule has 0 aliphatic carbocycles. The third kappa shape index (κ3) is 35.6. The number of phosphoric acid groups is 1. The predicted molar refractivity (Wildman–Crippen MR) is 213 cm³/mol. The van der Waals surface area contributed by atoms with Gasteiger partial charge in [0.25, 0.3) is 0 Å². The number of allylic oxidation sites excluding steroid dienone is 4. The van der Waals surface area contributed by atoms with Gasteiger partial charge in [-0.3, -0.25) is 18.6 Å². The van der Waals surface area contributed by atoms with Gasteiger partial charge in [-0.2, -0.15) is 0 Å². The highest BCUT2D eigenvalue weighted by Crippen LogP contribution is 2.43. The molecule has 0 bridgehead atoms. The number of ether oxygens (including phenoxy) is 2. The van der Waals surface area contributed by atoms with Gasteiger partial charge in [-0.05, 0) is 51.4 Å². The largest absolute Gasteiger partial charge is 0.472 e. The van der Waals surface area contributed by atoms with Gasteiger partial charge in [-0.1, -0.05) is 140 Å². The second-order valence-electron chi connectivity index (χ2n) is 13.8. The third-order valence-corrected chi connectivity index (χ3v) is 9.69. The quantitative estimate of drug-likeness (QED) is 0.0204. The van der Waals surface area contributed by atoms with E-state index in [1.165, 1.54) is 70.6 Å². The lowest BCUT2D eigenvalue weighted by Crippen LogP contribution is -2.29. The summed E-state index contributed by atoms with van der Waals surface area (Å²) in [5.74, 6) is -0.964. The molecule has 5 N–H and O–H groups in total. The number of aliphatic hydroxyl groups is 2. The van der Waals surface area contributed by atoms with E-state index in [2.05, 4.69) is 19.9 Å². The Balaban J connectivity index is 4.39. The highest BCUT2D eigenvalue weighted by Gasteiger charge is 2.26. The average Bonchev–Trinajstić information content (AvgIpc) is 3.14. The van der Waals surface area contributed by atoms with Crippen molar-refractivity contribution < 1.29 is 47.8 Å². The molecule has 0 aromatic heterocycles. The van der Waals surface area contributed by atoms with Gasteiger partial charge in [0.1, 0.15) is 6.61 Å². The summed E-state index contributed by atoms with van der Waals surface area (Å²) >= 11 is 0. The van der Waals surface area contributed by atoms with Crippen molar-refractivity contribution in [2.45, 2.75) is 186 Å². The number of nitrogens with two attached hydrogens (primary N) is 1. The van der Waals surface area contributed by atoms with Gasteiger partial charge in [-0.15, -0.1) is 0 Å². The van der Waals surface area contributed by atoms with E-state index in [0.717, 1.165) is 32.1 Å². The van der Waals surface area contributed by atoms with Crippen molar-refractivity contribution in [2.75, 3.05) is 26.4 Å². The minimum Gasteiger partial charge on any atom is -0.462 e. The van der Waals surface area contributed by atoms with Crippen LogP contribution in [0.5, 0.6) is 0 Å². The van der Waals surface area contributed by atoms with E-state index in [4.69, 9.17) is 24.3 Å². The van der Waals surface area contributed by atoms with Gasteiger partial charge < -0.3 is 30.3 Å². The van der Waals surface area contributed by atoms with Crippen LogP contribution in [0.15, 0.2) is 36.5 Å². The zero-order valence-electron chi connectivity index (χ0n) is 33.2. The van der Waals surface area contributed by atoms with Gasteiger partial charge in [0, 0.05) is 19.4 Å². The van der Waals surface area contributed by atoms with Gasteiger partial charge in [0.2, 0.25) is 0 Å². The van der Waals surface area contributed by atoms with Gasteiger partial charge in [-0.25, -0.2) is 4.57 Å². The number of phosphoric ester groups is 1. The molecule has 0 aliphatic heterocycles. The van der Waals surface area contributed by atoms with Crippen molar-refractivity contribution in [1.29, 1.82) is 0 Å². The molecule has 0 aliphatic rings. The number of hydrogen-bond acceptors (Lipinski definition) is 10. The normalized spacial score (nSPS) is 14.9. The maximum atomic E-state index is 12.5. The van der Waals surface area contributed by atoms with Crippen molar-refractivity contribution in [3.63, 3.8) is 0 Å². The van der Waals surface area contributed by atoms with Crippen molar-refractivity contribution in [3.05, 3.63) is 36.5 Å². The predicted octanol–water partition coefficient (Wildman–Crippen LogP) is 9.33. The summed E-state index contributed by atoms with van der Waals surface area (Å²) in [6.07, 6.45) is 32.1. The lowest BCUT2D eigenvalue weighted by atomic mass is 10.0. The molecule has 53 heavy (non-hydrogen) atoms. The smallest absolute Gasteiger partial charge is 0.462 e. The molecule has 4 atom stereocenters. The minimum absolute atomic E-state index is 0.0263. The number of hydrogen-bond donors (Lipinski definition) is 4. The number of carbonyl (C=O) groups is 2. The number of unbranched alkanes of at least 4 members (excludes halogenated alkanes) is 16. The number of carbonyl (C=O) groups excluding carboxylic acids is 2. The molecular formula is C41H76NO10P. The van der Waals surface area contributed by atoms with E-state index in [-0.39, 0.29) is 32.6 Å². The summed E-state index contributed by atoms with van der Waals surface area (Å²) in [5.41, 5.74) is 5.33. The number of esters is 2. The molecule has 0 fully saturated rings. The summed E-state index contributed by atoms with van der Waals surface area (Å²) in [6.45, 7) is 3.46. The summed E-state index contributed by atoms with van der Waals surface area (Å²) in [5, 5.41) is 20.3. The second kappa shape index (κ2) is 37.1. The first kappa shape index (κ1) is 51.1. The molecule has 310 valence electrons. The Bertz CT molecular complexity index is 1010. The van der Waals surface area contributed by atoms with Gasteiger partial charge >= 0.3 is 19.8 Å². The van der Waals surface area contributed by atoms with Crippen molar-refractivity contribution in [1.82, 2.24) is 0 Å². The molecule has 0 radical (unpaired) electrons. The molecule has 0 aromatic carbocycles. The number of rotatable bonds is 38. The first-order chi connectivity index (χ1) is 25.6. The topological polar surface area (TPSA) is 175 Å². The van der Waals surface area contributed by atoms with Crippen molar-refractivity contribution in [2.24, 2.45) is 5.73 Å². The van der Waals surface area contributed by atoms with E-state index in [0.29, 0.717) is 38.5 Å². The van der Waals surface area contributed by atoms with Crippen molar-refractivity contribution in [3.8, 4) is 0 Å². The van der Waals surface area contributed by atoms with Crippen LogP contribution in [0.1, 0.15) is 168 Å². The first-order valence-electron chi connectivity index (χ1n) is 20.6. The van der Waals surface area contributed by atoms with Crippen LogP contribution >= 0.6 is 7.82 Å². The molecule has 0 rings (SSSR count). The lowest BCUT2D eigenvalue weighted by Gasteiger charge is -2.19. The van der Waals surface area contributed by atoms with Crippen LogP contribution in [0.3, 0.4) is 0 Å². The molecule has 0 saturated heterocycles. The van der Waals surface area contributed by atoms with E-state index in [9.17, 15) is 29.3 Å². The van der Waals surface area contributed by atoms with Crippen LogP contribution in [0.2, 0.25) is 0 Å². The maximum Gasteiger partial charge on any atom is 0.472 e. The number of aliphatic hydroxyl groups excluding tert-OH is 2. The fourth-order valence-electron chi connectivity index (χ4n) is 5.46. The molecule has 4 unspecified atom stereocenters. The van der Waals surface area contributed by atoms with E-state index >= 15 is 0 Å². The second-order valence-corrected chi connectivity index (χ2v) is 15.3. The van der Waals surface area contributed by atoms with Crippen LogP contribution in [0.25, 0.3) is 0 Å². The van der Waals surface area contributed by atoms with Crippen LogP contribution in [0.4, 0.5) is 0 Å². The lowest BCUT2D eigenvalue weighted by molar-refractivity contribution is -0.161. The molecule has 0 aromatic rings. The summed E-state index contributed by atoms with van der Waals surface area (Å²) in [4.78, 5) is 34.8. The highest BCUT2D eigenvalue weighted by atomic mass is 31.2. The molecule has 0 amide bonds. The Labute approximate surface area is 321 Å². The fraction of sp³-hybridized carbons (Fsp3) is 0.805. The molecule has 12 heteroatoms. The first-order valence-corrected chi connectivity index (χ1v) is 22.1. The minimum atomic E-state index is -4.42. The molecule has 0 saturated carbocycles. The van der Waals surface area contributed by atoms with Crippen LogP contribution in [-0.2, 0) is 32.7 Å². The van der Waals surface area contributed by atoms with E-state index < -0.39 is 44.7 Å². The fourth-order valence-corrected chi connectivity index (χ4v) is 6.22.